The Labute approximate surface area is 210 Å². The number of aromatic nitrogens is 1. The van der Waals surface area contributed by atoms with Crippen LogP contribution >= 0.6 is 0 Å². The Hall–Kier alpha value is -3.87. The molecule has 36 heavy (non-hydrogen) atoms. The lowest BCUT2D eigenvalue weighted by molar-refractivity contribution is -0.110. The van der Waals surface area contributed by atoms with Gasteiger partial charge >= 0.3 is 0 Å². The molecule has 0 unspecified atom stereocenters. The van der Waals surface area contributed by atoms with Crippen LogP contribution in [-0.2, 0) is 9.53 Å². The number of hydrogen-bond acceptors (Lipinski definition) is 4. The van der Waals surface area contributed by atoms with E-state index < -0.39 is 0 Å². The lowest BCUT2D eigenvalue weighted by Gasteiger charge is -2.26. The van der Waals surface area contributed by atoms with Gasteiger partial charge in [0.05, 0.1) is 18.8 Å². The van der Waals surface area contributed by atoms with Gasteiger partial charge in [-0.05, 0) is 54.0 Å². The van der Waals surface area contributed by atoms with E-state index in [0.717, 1.165) is 83.1 Å². The lowest BCUT2D eigenvalue weighted by atomic mass is 9.97. The van der Waals surface area contributed by atoms with Crippen LogP contribution in [0.2, 0.25) is 0 Å². The minimum atomic E-state index is -0.0708. The van der Waals surface area contributed by atoms with Crippen molar-refractivity contribution in [2.24, 2.45) is 0 Å². The summed E-state index contributed by atoms with van der Waals surface area (Å²) in [5, 5.41) is 4.12. The van der Waals surface area contributed by atoms with Crippen molar-refractivity contribution >= 4 is 33.6 Å². The summed E-state index contributed by atoms with van der Waals surface area (Å²) >= 11 is 0. The van der Waals surface area contributed by atoms with Crippen molar-refractivity contribution in [3.05, 3.63) is 84.1 Å². The van der Waals surface area contributed by atoms with Crippen molar-refractivity contribution < 1.29 is 14.3 Å². The second-order valence-corrected chi connectivity index (χ2v) is 9.32. The zero-order valence-corrected chi connectivity index (χ0v) is 20.3. The van der Waals surface area contributed by atoms with E-state index in [1.54, 1.807) is 0 Å². The second-order valence-electron chi connectivity index (χ2n) is 9.32. The molecule has 6 nitrogen and oxygen atoms in total. The molecule has 6 rings (SSSR count). The molecule has 1 aromatic heterocycles. The molecule has 0 atom stereocenters. The Kier molecular flexibility index (Phi) is 6.05. The minimum absolute atomic E-state index is 0.0708. The molecule has 182 valence electrons. The first kappa shape index (κ1) is 22.6. The number of allylic oxidation sites excluding steroid dienone is 1. The topological polar surface area (TPSA) is 66.6 Å². The number of aromatic amines is 1. The van der Waals surface area contributed by atoms with Crippen molar-refractivity contribution in [3.63, 3.8) is 0 Å². The van der Waals surface area contributed by atoms with Gasteiger partial charge in [-0.25, -0.2) is 0 Å². The number of anilines is 1. The molecule has 1 saturated heterocycles. The number of nitrogens with one attached hydrogen (secondary N) is 2. The first-order valence-electron chi connectivity index (χ1n) is 12.4. The summed E-state index contributed by atoms with van der Waals surface area (Å²) in [6.45, 7) is 7.05. The van der Waals surface area contributed by atoms with Gasteiger partial charge in [0.2, 0.25) is 0 Å². The van der Waals surface area contributed by atoms with Gasteiger partial charge in [-0.2, -0.15) is 0 Å². The number of carbonyl (C=O) groups is 1. The predicted octanol–water partition coefficient (Wildman–Crippen LogP) is 5.43. The molecule has 4 aromatic rings. The van der Waals surface area contributed by atoms with Crippen LogP contribution in [0.1, 0.15) is 18.2 Å². The summed E-state index contributed by atoms with van der Waals surface area (Å²) in [4.78, 5) is 18.8. The number of benzene rings is 3. The van der Waals surface area contributed by atoms with Crippen molar-refractivity contribution in [3.8, 4) is 16.9 Å². The van der Waals surface area contributed by atoms with Gasteiger partial charge < -0.3 is 19.8 Å². The predicted molar refractivity (Wildman–Crippen MR) is 144 cm³/mol. The molecule has 0 saturated carbocycles. The van der Waals surface area contributed by atoms with E-state index in [1.165, 1.54) is 0 Å². The van der Waals surface area contributed by atoms with Crippen molar-refractivity contribution in [2.45, 2.75) is 6.92 Å². The summed E-state index contributed by atoms with van der Waals surface area (Å²) in [5.41, 5.74) is 7.57. The number of amides is 1. The molecule has 0 spiro atoms. The number of rotatable bonds is 6. The summed E-state index contributed by atoms with van der Waals surface area (Å²) in [6, 6.07) is 24.5. The highest BCUT2D eigenvalue weighted by Gasteiger charge is 2.27. The van der Waals surface area contributed by atoms with Crippen LogP contribution in [0, 0.1) is 0 Å². The fraction of sp³-hybridized carbons (Fsp3) is 0.233. The maximum atomic E-state index is 13.0. The van der Waals surface area contributed by atoms with Gasteiger partial charge in [0.25, 0.3) is 5.91 Å². The molecule has 3 aromatic carbocycles. The van der Waals surface area contributed by atoms with Gasteiger partial charge in [0.15, 0.2) is 0 Å². The molecule has 2 N–H and O–H groups in total. The third-order valence-corrected chi connectivity index (χ3v) is 7.02. The van der Waals surface area contributed by atoms with Crippen LogP contribution in [0.3, 0.4) is 0 Å². The first-order chi connectivity index (χ1) is 17.7. The van der Waals surface area contributed by atoms with E-state index in [2.05, 4.69) is 51.6 Å². The smallest absolute Gasteiger partial charge is 0.256 e. The Bertz CT molecular complexity index is 1450. The molecule has 6 heteroatoms. The Balaban J connectivity index is 1.24. The van der Waals surface area contributed by atoms with Crippen LogP contribution in [0.25, 0.3) is 33.2 Å². The summed E-state index contributed by atoms with van der Waals surface area (Å²) in [5.74, 6) is 0.780. The van der Waals surface area contributed by atoms with Crippen LogP contribution < -0.4 is 10.1 Å². The number of ether oxygens (including phenoxy) is 2. The van der Waals surface area contributed by atoms with Crippen LogP contribution in [0.5, 0.6) is 5.75 Å². The maximum absolute atomic E-state index is 13.0. The van der Waals surface area contributed by atoms with Crippen LogP contribution in [0.15, 0.2) is 72.8 Å². The average molecular weight is 480 g/mol. The molecule has 2 aliphatic heterocycles. The average Bonchev–Trinajstić information content (AvgIpc) is 3.49. The van der Waals surface area contributed by atoms with Gasteiger partial charge in [-0.3, -0.25) is 9.69 Å². The number of fused-ring (bicyclic) bond motifs is 2. The van der Waals surface area contributed by atoms with E-state index >= 15 is 0 Å². The van der Waals surface area contributed by atoms with Gasteiger partial charge in [0, 0.05) is 47.5 Å². The first-order valence-corrected chi connectivity index (χ1v) is 12.4. The van der Waals surface area contributed by atoms with Gasteiger partial charge in [0.1, 0.15) is 12.4 Å². The third-order valence-electron chi connectivity index (χ3n) is 7.02. The molecule has 0 radical (unpaired) electrons. The number of morpholine rings is 1. The minimum Gasteiger partial charge on any atom is -0.492 e. The Morgan fingerprint density at radius 2 is 1.81 bits per heavy atom. The lowest BCUT2D eigenvalue weighted by Crippen LogP contribution is -2.38. The van der Waals surface area contributed by atoms with Crippen molar-refractivity contribution in [1.82, 2.24) is 9.88 Å². The van der Waals surface area contributed by atoms with Crippen LogP contribution in [0.4, 0.5) is 5.69 Å². The molecule has 1 fully saturated rings. The fourth-order valence-electron chi connectivity index (χ4n) is 5.01. The maximum Gasteiger partial charge on any atom is 0.256 e. The Morgan fingerprint density at radius 3 is 2.64 bits per heavy atom. The monoisotopic (exact) mass is 479 g/mol. The quantitative estimate of drug-likeness (QED) is 0.362. The molecule has 0 aliphatic carbocycles. The highest BCUT2D eigenvalue weighted by molar-refractivity contribution is 6.36. The summed E-state index contributed by atoms with van der Waals surface area (Å²) in [7, 11) is 0. The molecular formula is C30H29N3O3. The molecule has 1 amide bonds. The second kappa shape index (κ2) is 9.64. The molecule has 0 bridgehead atoms. The normalized spacial score (nSPS) is 17.2. The van der Waals surface area contributed by atoms with Crippen molar-refractivity contribution in [1.29, 1.82) is 0 Å². The summed E-state index contributed by atoms with van der Waals surface area (Å²) in [6.07, 6.45) is 0. The zero-order chi connectivity index (χ0) is 24.5. The number of H-pyrrole nitrogens is 1. The standard InChI is InChI=1S/C30H29N3O3/c1-20(29-25-9-7-22(18-28(25)32-30(29)34)21-5-3-2-4-6-21)27-19-23-17-24(8-10-26(23)31-27)36-16-13-33-11-14-35-15-12-33/h2-10,17-19,31H,11-16H2,1H3,(H,32,34)/b29-20-. The van der Waals surface area contributed by atoms with E-state index in [1.807, 2.05) is 43.3 Å². The van der Waals surface area contributed by atoms with E-state index in [4.69, 9.17) is 9.47 Å². The van der Waals surface area contributed by atoms with Crippen LogP contribution in [-0.4, -0.2) is 55.2 Å². The zero-order valence-electron chi connectivity index (χ0n) is 20.3. The van der Waals surface area contributed by atoms with E-state index in [-0.39, 0.29) is 5.91 Å². The van der Waals surface area contributed by atoms with Gasteiger partial charge in [-0.15, -0.1) is 0 Å². The van der Waals surface area contributed by atoms with Gasteiger partial charge in [-0.1, -0.05) is 42.5 Å². The highest BCUT2D eigenvalue weighted by atomic mass is 16.5. The fourth-order valence-corrected chi connectivity index (χ4v) is 5.01. The van der Waals surface area contributed by atoms with Crippen molar-refractivity contribution in [2.75, 3.05) is 44.8 Å². The SMILES string of the molecule is C/C(=C1/C(=O)Nc2cc(-c3ccccc3)ccc21)c1cc2cc(OCCN3CCOCC3)ccc2[nH]1. The Morgan fingerprint density at radius 1 is 0.972 bits per heavy atom. The van der Waals surface area contributed by atoms with E-state index in [9.17, 15) is 4.79 Å². The number of hydrogen-bond donors (Lipinski definition) is 2. The highest BCUT2D eigenvalue weighted by Crippen LogP contribution is 2.39. The van der Waals surface area contributed by atoms with E-state index in [0.29, 0.717) is 12.2 Å². The molecule has 2 aliphatic rings. The largest absolute Gasteiger partial charge is 0.492 e. The molecular weight excluding hydrogens is 450 g/mol. The third kappa shape index (κ3) is 4.41. The number of carbonyl (C=O) groups excluding carboxylic acids is 1. The summed E-state index contributed by atoms with van der Waals surface area (Å²) < 4.78 is 11.4. The molecule has 3 heterocycles. The number of nitrogens with zero attached hydrogens (tertiary/aromatic N) is 1.